The molecule has 2 N–H and O–H groups in total. The van der Waals surface area contributed by atoms with Crippen LogP contribution in [0.25, 0.3) is 0 Å². The van der Waals surface area contributed by atoms with Crippen LogP contribution in [0.4, 0.5) is 4.39 Å². The van der Waals surface area contributed by atoms with Crippen LogP contribution in [0.15, 0.2) is 42.5 Å². The quantitative estimate of drug-likeness (QED) is 0.721. The molecule has 1 heterocycles. The van der Waals surface area contributed by atoms with Gasteiger partial charge in [0.25, 0.3) is 11.8 Å². The molecular weight excluding hydrogens is 389 g/mol. The number of benzene rings is 2. The van der Waals surface area contributed by atoms with Crippen molar-refractivity contribution in [3.8, 4) is 5.75 Å². The topological polar surface area (TPSA) is 79.9 Å². The Morgan fingerprint density at radius 2 is 1.83 bits per heavy atom. The standard InChI is InChI=1S/C22H26FN3O4/c1-24-21(27)15-5-4-6-16(10-15)22(28)25-18-12-26(13-20(18)30-3)11-14-7-8-19(29-2)17(23)9-14/h4-10,18,20H,11-13H2,1-3H3,(H,24,27)(H,25,28)/t18-,20-/m1/s1. The van der Waals surface area contributed by atoms with Crippen molar-refractivity contribution in [3.63, 3.8) is 0 Å². The molecule has 3 rings (SSSR count). The average molecular weight is 415 g/mol. The van der Waals surface area contributed by atoms with E-state index in [1.165, 1.54) is 13.2 Å². The summed E-state index contributed by atoms with van der Waals surface area (Å²) in [5.74, 6) is -0.722. The van der Waals surface area contributed by atoms with Crippen molar-refractivity contribution >= 4 is 11.8 Å². The third kappa shape index (κ3) is 4.95. The molecule has 0 saturated carbocycles. The lowest BCUT2D eigenvalue weighted by Gasteiger charge is -2.18. The summed E-state index contributed by atoms with van der Waals surface area (Å²) in [6.07, 6.45) is -0.195. The molecule has 0 aliphatic carbocycles. The summed E-state index contributed by atoms with van der Waals surface area (Å²) in [6.45, 7) is 1.69. The highest BCUT2D eigenvalue weighted by atomic mass is 19.1. The minimum absolute atomic E-state index is 0.195. The summed E-state index contributed by atoms with van der Waals surface area (Å²) in [5, 5.41) is 5.54. The predicted octanol–water partition coefficient (Wildman–Crippen LogP) is 1.82. The number of carbonyl (C=O) groups is 2. The lowest BCUT2D eigenvalue weighted by atomic mass is 10.1. The Morgan fingerprint density at radius 1 is 1.10 bits per heavy atom. The summed E-state index contributed by atoms with van der Waals surface area (Å²) >= 11 is 0. The van der Waals surface area contributed by atoms with Gasteiger partial charge in [-0.15, -0.1) is 0 Å². The van der Waals surface area contributed by atoms with Crippen LogP contribution in [-0.4, -0.2) is 63.2 Å². The second-order valence-corrected chi connectivity index (χ2v) is 7.18. The first kappa shape index (κ1) is 21.7. The number of rotatable bonds is 7. The van der Waals surface area contributed by atoms with Crippen LogP contribution >= 0.6 is 0 Å². The fourth-order valence-electron chi connectivity index (χ4n) is 3.62. The first-order valence-corrected chi connectivity index (χ1v) is 9.65. The summed E-state index contributed by atoms with van der Waals surface area (Å²) in [5.41, 5.74) is 1.64. The van der Waals surface area contributed by atoms with Gasteiger partial charge in [0.1, 0.15) is 0 Å². The van der Waals surface area contributed by atoms with Crippen LogP contribution in [-0.2, 0) is 11.3 Å². The van der Waals surface area contributed by atoms with Crippen LogP contribution in [0, 0.1) is 5.82 Å². The normalized spacial score (nSPS) is 18.8. The molecule has 0 bridgehead atoms. The molecule has 2 aromatic rings. The van der Waals surface area contributed by atoms with Gasteiger partial charge in [-0.3, -0.25) is 14.5 Å². The monoisotopic (exact) mass is 415 g/mol. The van der Waals surface area contributed by atoms with Crippen molar-refractivity contribution < 1.29 is 23.5 Å². The van der Waals surface area contributed by atoms with Crippen LogP contribution in [0.3, 0.4) is 0 Å². The highest BCUT2D eigenvalue weighted by Gasteiger charge is 2.34. The van der Waals surface area contributed by atoms with Gasteiger partial charge in [-0.05, 0) is 35.9 Å². The fraction of sp³-hybridized carbons (Fsp3) is 0.364. The number of carbonyl (C=O) groups excluding carboxylic acids is 2. The zero-order valence-electron chi connectivity index (χ0n) is 17.3. The van der Waals surface area contributed by atoms with Crippen molar-refractivity contribution in [2.45, 2.75) is 18.7 Å². The van der Waals surface area contributed by atoms with E-state index in [0.717, 1.165) is 5.56 Å². The van der Waals surface area contributed by atoms with E-state index in [2.05, 4.69) is 15.5 Å². The maximum Gasteiger partial charge on any atom is 0.251 e. The number of likely N-dealkylation sites (tertiary alicyclic amines) is 1. The Bertz CT molecular complexity index is 921. The van der Waals surface area contributed by atoms with E-state index in [1.807, 2.05) is 6.07 Å². The van der Waals surface area contributed by atoms with Gasteiger partial charge in [0.15, 0.2) is 11.6 Å². The van der Waals surface area contributed by atoms with Crippen LogP contribution < -0.4 is 15.4 Å². The molecule has 1 aliphatic heterocycles. The molecule has 0 radical (unpaired) electrons. The van der Waals surface area contributed by atoms with Gasteiger partial charge < -0.3 is 20.1 Å². The number of amides is 2. The Morgan fingerprint density at radius 3 is 2.47 bits per heavy atom. The molecule has 0 aromatic heterocycles. The second-order valence-electron chi connectivity index (χ2n) is 7.18. The third-order valence-corrected chi connectivity index (χ3v) is 5.20. The number of methoxy groups -OCH3 is 2. The molecule has 0 spiro atoms. The van der Waals surface area contributed by atoms with E-state index in [4.69, 9.17) is 9.47 Å². The second kappa shape index (κ2) is 9.69. The number of halogens is 1. The maximum atomic E-state index is 14.0. The molecule has 0 unspecified atom stereocenters. The van der Waals surface area contributed by atoms with E-state index in [1.54, 1.807) is 44.5 Å². The predicted molar refractivity (Wildman–Crippen MR) is 110 cm³/mol. The van der Waals surface area contributed by atoms with Crippen molar-refractivity contribution in [2.24, 2.45) is 0 Å². The summed E-state index contributed by atoms with van der Waals surface area (Å²) in [6, 6.07) is 11.2. The highest BCUT2D eigenvalue weighted by molar-refractivity contribution is 5.99. The summed E-state index contributed by atoms with van der Waals surface area (Å²) < 4.78 is 24.5. The molecule has 1 saturated heterocycles. The third-order valence-electron chi connectivity index (χ3n) is 5.20. The molecule has 2 amide bonds. The van der Waals surface area contributed by atoms with Gasteiger partial charge in [-0.2, -0.15) is 0 Å². The molecule has 30 heavy (non-hydrogen) atoms. The Hall–Kier alpha value is -2.97. The van der Waals surface area contributed by atoms with Crippen molar-refractivity contribution in [1.29, 1.82) is 0 Å². The number of hydrogen-bond donors (Lipinski definition) is 2. The molecule has 7 nitrogen and oxygen atoms in total. The van der Waals surface area contributed by atoms with Gasteiger partial charge in [0.05, 0.1) is 19.3 Å². The van der Waals surface area contributed by atoms with Crippen LogP contribution in [0.1, 0.15) is 26.3 Å². The van der Waals surface area contributed by atoms with E-state index >= 15 is 0 Å². The minimum Gasteiger partial charge on any atom is -0.494 e. The first-order valence-electron chi connectivity index (χ1n) is 9.65. The lowest BCUT2D eigenvalue weighted by molar-refractivity contribution is 0.0759. The van der Waals surface area contributed by atoms with Crippen molar-refractivity contribution in [1.82, 2.24) is 15.5 Å². The zero-order chi connectivity index (χ0) is 21.7. The van der Waals surface area contributed by atoms with Gasteiger partial charge in [0.2, 0.25) is 0 Å². The lowest BCUT2D eigenvalue weighted by Crippen LogP contribution is -2.43. The van der Waals surface area contributed by atoms with Crippen molar-refractivity contribution in [2.75, 3.05) is 34.4 Å². The molecule has 2 aromatic carbocycles. The van der Waals surface area contributed by atoms with Crippen LogP contribution in [0.2, 0.25) is 0 Å². The largest absolute Gasteiger partial charge is 0.494 e. The average Bonchev–Trinajstić information content (AvgIpc) is 3.14. The number of ether oxygens (including phenoxy) is 2. The van der Waals surface area contributed by atoms with Gasteiger partial charge in [0, 0.05) is 44.9 Å². The Balaban J connectivity index is 1.65. The van der Waals surface area contributed by atoms with Crippen molar-refractivity contribution in [3.05, 3.63) is 65.0 Å². The number of nitrogens with one attached hydrogen (secondary N) is 2. The smallest absolute Gasteiger partial charge is 0.251 e. The first-order chi connectivity index (χ1) is 14.4. The molecule has 8 heteroatoms. The SMILES string of the molecule is CNC(=O)c1cccc(C(=O)N[C@@H]2CN(Cc3ccc(OC)c(F)c3)C[C@H]2OC)c1. The zero-order valence-corrected chi connectivity index (χ0v) is 17.3. The van der Waals surface area contributed by atoms with Crippen LogP contribution in [0.5, 0.6) is 5.75 Å². The fourth-order valence-corrected chi connectivity index (χ4v) is 3.62. The maximum absolute atomic E-state index is 14.0. The Kier molecular flexibility index (Phi) is 7.02. The van der Waals surface area contributed by atoms with E-state index in [-0.39, 0.29) is 29.7 Å². The number of nitrogens with zero attached hydrogens (tertiary/aromatic N) is 1. The molecule has 160 valence electrons. The van der Waals surface area contributed by atoms with E-state index in [0.29, 0.717) is 30.8 Å². The minimum atomic E-state index is -0.404. The summed E-state index contributed by atoms with van der Waals surface area (Å²) in [4.78, 5) is 26.6. The molecular formula is C22H26FN3O4. The Labute approximate surface area is 175 Å². The highest BCUT2D eigenvalue weighted by Crippen LogP contribution is 2.21. The van der Waals surface area contributed by atoms with Gasteiger partial charge in [-0.25, -0.2) is 4.39 Å². The van der Waals surface area contributed by atoms with Gasteiger partial charge >= 0.3 is 0 Å². The van der Waals surface area contributed by atoms with E-state index in [9.17, 15) is 14.0 Å². The van der Waals surface area contributed by atoms with Gasteiger partial charge in [-0.1, -0.05) is 12.1 Å². The molecule has 1 fully saturated rings. The molecule has 1 aliphatic rings. The van der Waals surface area contributed by atoms with E-state index < -0.39 is 5.82 Å². The molecule has 2 atom stereocenters. The summed E-state index contributed by atoms with van der Waals surface area (Å²) in [7, 11) is 4.58. The number of hydrogen-bond acceptors (Lipinski definition) is 5.